The number of nitro groups is 1. The van der Waals surface area contributed by atoms with Gasteiger partial charge in [0, 0.05) is 23.3 Å². The van der Waals surface area contributed by atoms with E-state index in [9.17, 15) is 14.9 Å². The van der Waals surface area contributed by atoms with Crippen molar-refractivity contribution in [2.24, 2.45) is 0 Å². The smallest absolute Gasteiger partial charge is 0.270 e. The molecule has 2 aromatic carbocycles. The monoisotopic (exact) mass is 317 g/mol. The summed E-state index contributed by atoms with van der Waals surface area (Å²) >= 11 is 6.08. The maximum Gasteiger partial charge on any atom is 0.270 e. The summed E-state index contributed by atoms with van der Waals surface area (Å²) in [5.74, 6) is -0.285. The topological polar surface area (TPSA) is 60.2 Å². The number of halogens is 1. The summed E-state index contributed by atoms with van der Waals surface area (Å²) < 4.78 is 0. The fourth-order valence-electron chi connectivity index (χ4n) is 2.57. The molecule has 0 amide bonds. The Kier molecular flexibility index (Phi) is 4.33. The largest absolute Gasteiger partial charge is 0.289 e. The van der Waals surface area contributed by atoms with Crippen LogP contribution in [0.5, 0.6) is 0 Å². The number of rotatable bonds is 3. The second-order valence-electron chi connectivity index (χ2n) is 5.39. The molecule has 0 aliphatic heterocycles. The molecule has 114 valence electrons. The quantitative estimate of drug-likeness (QED) is 0.468. The lowest BCUT2D eigenvalue weighted by atomic mass is 9.89. The van der Waals surface area contributed by atoms with Crippen LogP contribution in [0.25, 0.3) is 0 Å². The fourth-order valence-corrected chi connectivity index (χ4v) is 2.77. The second-order valence-corrected chi connectivity index (χ2v) is 5.79. The molecule has 2 aromatic rings. The van der Waals surface area contributed by atoms with E-state index in [0.717, 1.165) is 22.3 Å². The van der Waals surface area contributed by atoms with Crippen LogP contribution >= 0.6 is 11.6 Å². The number of ketones is 1. The number of non-ortho nitro benzene ring substituents is 1. The van der Waals surface area contributed by atoms with Crippen LogP contribution in [0.1, 0.15) is 38.2 Å². The first kappa shape index (κ1) is 16.2. The van der Waals surface area contributed by atoms with Crippen molar-refractivity contribution in [3.8, 4) is 0 Å². The van der Waals surface area contributed by atoms with Gasteiger partial charge in [0.05, 0.1) is 9.95 Å². The van der Waals surface area contributed by atoms with Crippen molar-refractivity contribution in [2.45, 2.75) is 27.7 Å². The van der Waals surface area contributed by atoms with Crippen molar-refractivity contribution in [1.29, 1.82) is 0 Å². The molecule has 2 rings (SSSR count). The number of hydrogen-bond acceptors (Lipinski definition) is 3. The normalized spacial score (nSPS) is 10.6. The minimum absolute atomic E-state index is 0.146. The molecule has 0 atom stereocenters. The zero-order chi connectivity index (χ0) is 16.6. The van der Waals surface area contributed by atoms with E-state index in [1.807, 2.05) is 33.8 Å². The minimum atomic E-state index is -0.535. The van der Waals surface area contributed by atoms with E-state index in [1.54, 1.807) is 0 Å². The van der Waals surface area contributed by atoms with Crippen LogP contribution < -0.4 is 0 Å². The summed E-state index contributed by atoms with van der Waals surface area (Å²) in [7, 11) is 0. The molecule has 0 aromatic heterocycles. The van der Waals surface area contributed by atoms with Gasteiger partial charge in [-0.2, -0.15) is 0 Å². The highest BCUT2D eigenvalue weighted by atomic mass is 35.5. The Balaban J connectivity index is 2.66. The summed E-state index contributed by atoms with van der Waals surface area (Å²) in [6, 6.07) is 5.86. The Morgan fingerprint density at radius 2 is 1.68 bits per heavy atom. The molecule has 0 saturated heterocycles. The van der Waals surface area contributed by atoms with Crippen LogP contribution in [0.2, 0.25) is 5.02 Å². The van der Waals surface area contributed by atoms with Crippen molar-refractivity contribution in [2.75, 3.05) is 0 Å². The van der Waals surface area contributed by atoms with Gasteiger partial charge in [0.25, 0.3) is 5.69 Å². The Hall–Kier alpha value is -2.20. The third-order valence-electron chi connectivity index (χ3n) is 3.99. The van der Waals surface area contributed by atoms with Gasteiger partial charge >= 0.3 is 0 Å². The molecule has 0 fully saturated rings. The van der Waals surface area contributed by atoms with Crippen molar-refractivity contribution in [3.05, 3.63) is 72.8 Å². The fraction of sp³-hybridized carbons (Fsp3) is 0.235. The number of nitro benzene ring substituents is 1. The molecule has 0 bridgehead atoms. The lowest BCUT2D eigenvalue weighted by molar-refractivity contribution is -0.384. The van der Waals surface area contributed by atoms with E-state index >= 15 is 0 Å². The standard InChI is InChI=1S/C17H16ClNO3/c1-9-7-10(2)16(12(4)11(9)3)17(20)14-8-13(19(21)22)5-6-15(14)18/h5-8H,1-4H3. The summed E-state index contributed by atoms with van der Waals surface area (Å²) in [5.41, 5.74) is 4.44. The van der Waals surface area contributed by atoms with E-state index in [-0.39, 0.29) is 22.1 Å². The second kappa shape index (κ2) is 5.89. The SMILES string of the molecule is Cc1cc(C)c(C(=O)c2cc([N+](=O)[O-])ccc2Cl)c(C)c1C. The van der Waals surface area contributed by atoms with Crippen LogP contribution in [0.3, 0.4) is 0 Å². The average Bonchev–Trinajstić information content (AvgIpc) is 2.45. The van der Waals surface area contributed by atoms with Gasteiger partial charge in [-0.1, -0.05) is 17.7 Å². The lowest BCUT2D eigenvalue weighted by Gasteiger charge is -2.14. The van der Waals surface area contributed by atoms with Crippen molar-refractivity contribution in [1.82, 2.24) is 0 Å². The maximum atomic E-state index is 12.8. The molecule has 0 radical (unpaired) electrons. The van der Waals surface area contributed by atoms with E-state index in [0.29, 0.717) is 5.56 Å². The predicted molar refractivity (Wildman–Crippen MR) is 86.9 cm³/mol. The zero-order valence-corrected chi connectivity index (χ0v) is 13.6. The van der Waals surface area contributed by atoms with Gasteiger partial charge in [-0.25, -0.2) is 0 Å². The van der Waals surface area contributed by atoms with Gasteiger partial charge in [-0.3, -0.25) is 14.9 Å². The molecule has 0 spiro atoms. The molecule has 22 heavy (non-hydrogen) atoms. The molecule has 5 heteroatoms. The molecule has 0 aliphatic carbocycles. The summed E-state index contributed by atoms with van der Waals surface area (Å²) in [6.45, 7) is 7.69. The third-order valence-corrected chi connectivity index (χ3v) is 4.32. The van der Waals surface area contributed by atoms with E-state index in [4.69, 9.17) is 11.6 Å². The highest BCUT2D eigenvalue weighted by Crippen LogP contribution is 2.29. The molecule has 4 nitrogen and oxygen atoms in total. The number of carbonyl (C=O) groups excluding carboxylic acids is 1. The lowest BCUT2D eigenvalue weighted by Crippen LogP contribution is -2.09. The number of aryl methyl sites for hydroxylation is 2. The molecule has 0 saturated carbocycles. The zero-order valence-electron chi connectivity index (χ0n) is 12.9. The van der Waals surface area contributed by atoms with Crippen molar-refractivity contribution in [3.63, 3.8) is 0 Å². The van der Waals surface area contributed by atoms with Gasteiger partial charge in [-0.15, -0.1) is 0 Å². The molecular weight excluding hydrogens is 302 g/mol. The van der Waals surface area contributed by atoms with Gasteiger partial charge < -0.3 is 0 Å². The Morgan fingerprint density at radius 1 is 1.05 bits per heavy atom. The number of benzene rings is 2. The van der Waals surface area contributed by atoms with Crippen LogP contribution in [0, 0.1) is 37.8 Å². The summed E-state index contributed by atoms with van der Waals surface area (Å²) in [5, 5.41) is 11.1. The average molecular weight is 318 g/mol. The van der Waals surface area contributed by atoms with Crippen molar-refractivity contribution >= 4 is 23.1 Å². The van der Waals surface area contributed by atoms with Gasteiger partial charge in [0.1, 0.15) is 0 Å². The van der Waals surface area contributed by atoms with Crippen LogP contribution in [0.4, 0.5) is 5.69 Å². The highest BCUT2D eigenvalue weighted by Gasteiger charge is 2.21. The molecular formula is C17H16ClNO3. The Labute approximate surface area is 133 Å². The van der Waals surface area contributed by atoms with Crippen LogP contribution in [-0.2, 0) is 0 Å². The Bertz CT molecular complexity index is 797. The maximum absolute atomic E-state index is 12.8. The predicted octanol–water partition coefficient (Wildman–Crippen LogP) is 4.71. The van der Waals surface area contributed by atoms with E-state index in [2.05, 4.69) is 0 Å². The molecule has 0 heterocycles. The molecule has 0 N–H and O–H groups in total. The third kappa shape index (κ3) is 2.74. The Morgan fingerprint density at radius 3 is 2.27 bits per heavy atom. The van der Waals surface area contributed by atoms with Crippen molar-refractivity contribution < 1.29 is 9.72 Å². The van der Waals surface area contributed by atoms with Crippen LogP contribution in [-0.4, -0.2) is 10.7 Å². The minimum Gasteiger partial charge on any atom is -0.289 e. The molecule has 0 aliphatic rings. The van der Waals surface area contributed by atoms with Gasteiger partial charge in [0.2, 0.25) is 0 Å². The number of hydrogen-bond donors (Lipinski definition) is 0. The summed E-state index contributed by atoms with van der Waals surface area (Å²) in [4.78, 5) is 23.2. The number of nitrogens with zero attached hydrogens (tertiary/aromatic N) is 1. The molecule has 0 unspecified atom stereocenters. The highest BCUT2D eigenvalue weighted by molar-refractivity contribution is 6.35. The van der Waals surface area contributed by atoms with E-state index in [1.165, 1.54) is 18.2 Å². The van der Waals surface area contributed by atoms with Crippen LogP contribution in [0.15, 0.2) is 24.3 Å². The first-order chi connectivity index (χ1) is 10.2. The van der Waals surface area contributed by atoms with E-state index < -0.39 is 4.92 Å². The van der Waals surface area contributed by atoms with Gasteiger partial charge in [0.15, 0.2) is 5.78 Å². The first-order valence-electron chi connectivity index (χ1n) is 6.80. The first-order valence-corrected chi connectivity index (χ1v) is 7.18. The van der Waals surface area contributed by atoms with Gasteiger partial charge in [-0.05, 0) is 56.0 Å². The summed E-state index contributed by atoms with van der Waals surface area (Å²) in [6.07, 6.45) is 0. The number of carbonyl (C=O) groups is 1.